The molecule has 4 aromatic rings. The Hall–Kier alpha value is -3.32. The van der Waals surface area contributed by atoms with Crippen LogP contribution in [0.15, 0.2) is 78.9 Å². The van der Waals surface area contributed by atoms with Crippen molar-refractivity contribution in [1.82, 2.24) is 4.98 Å². The average molecular weight is 601 g/mol. The third-order valence-electron chi connectivity index (χ3n) is 8.00. The number of hydrogen-bond donors (Lipinski definition) is 1. The normalized spacial score (nSPS) is 16.0. The molecule has 2 atom stereocenters. The standard InChI is InChI=1S/C35H36ClNO4S/c1-34(2,40)30-9-4-3-7-25(30)13-17-32(42(41)23-35(18-19-35)22-33(38)39)27-8-5-6-24(20-27)10-15-29-16-12-26-11-14-28(36)21-31(26)37-29/h3-12,14-16,20-21,32,40H,13,17-19,22-23H2,1-2H3,(H,38,39)/p-1/b15-10-/t32-,42?/m1/s1. The summed E-state index contributed by atoms with van der Waals surface area (Å²) in [6.07, 6.45) is 6.63. The van der Waals surface area contributed by atoms with Crippen molar-refractivity contribution in [2.45, 2.75) is 56.8 Å². The number of hydrogen-bond acceptors (Lipinski definition) is 5. The summed E-state index contributed by atoms with van der Waals surface area (Å²) in [5.41, 5.74) is 3.96. The quantitative estimate of drug-likeness (QED) is 0.197. The first-order valence-electron chi connectivity index (χ1n) is 14.2. The van der Waals surface area contributed by atoms with Crippen LogP contribution in [0.4, 0.5) is 0 Å². The molecule has 0 bridgehead atoms. The molecule has 3 aromatic carbocycles. The summed E-state index contributed by atoms with van der Waals surface area (Å²) in [6.45, 7) is 3.54. The van der Waals surface area contributed by atoms with Gasteiger partial charge in [-0.2, -0.15) is 0 Å². The number of carbonyl (C=O) groups excluding carboxylic acids is 1. The molecule has 1 N–H and O–H groups in total. The first-order chi connectivity index (χ1) is 20.0. The lowest BCUT2D eigenvalue weighted by molar-refractivity contribution is -0.307. The summed E-state index contributed by atoms with van der Waals surface area (Å²) in [6, 6.07) is 25.4. The summed E-state index contributed by atoms with van der Waals surface area (Å²) in [5, 5.41) is 23.5. The first kappa shape index (κ1) is 30.1. The lowest BCUT2D eigenvalue weighted by atomic mass is 9.90. The molecule has 218 valence electrons. The Kier molecular flexibility index (Phi) is 8.97. The van der Waals surface area contributed by atoms with E-state index in [4.69, 9.17) is 16.6 Å². The molecule has 1 fully saturated rings. The third-order valence-corrected chi connectivity index (χ3v) is 10.3. The van der Waals surface area contributed by atoms with E-state index < -0.39 is 27.8 Å². The molecule has 0 spiro atoms. The molecule has 5 rings (SSSR count). The number of fused-ring (bicyclic) bond motifs is 1. The Labute approximate surface area is 254 Å². The molecular weight excluding hydrogens is 566 g/mol. The van der Waals surface area contributed by atoms with E-state index in [9.17, 15) is 19.2 Å². The number of aromatic nitrogens is 1. The van der Waals surface area contributed by atoms with Gasteiger partial charge >= 0.3 is 0 Å². The Morgan fingerprint density at radius 1 is 1.07 bits per heavy atom. The molecule has 1 aliphatic carbocycles. The van der Waals surface area contributed by atoms with Crippen LogP contribution in [0, 0.1) is 5.41 Å². The predicted octanol–water partition coefficient (Wildman–Crippen LogP) is 6.63. The number of halogens is 1. The molecule has 0 amide bonds. The minimum atomic E-state index is -1.30. The zero-order valence-electron chi connectivity index (χ0n) is 23.9. The largest absolute Gasteiger partial charge is 0.550 e. The zero-order chi connectivity index (χ0) is 29.9. The van der Waals surface area contributed by atoms with Gasteiger partial charge in [0.25, 0.3) is 0 Å². The predicted molar refractivity (Wildman–Crippen MR) is 169 cm³/mol. The summed E-state index contributed by atoms with van der Waals surface area (Å²) < 4.78 is 13.9. The van der Waals surface area contributed by atoms with Gasteiger partial charge in [0.1, 0.15) is 0 Å². The topological polar surface area (TPSA) is 90.3 Å². The molecule has 0 radical (unpaired) electrons. The number of carbonyl (C=O) groups is 1. The Balaban J connectivity index is 1.41. The van der Waals surface area contributed by atoms with Crippen LogP contribution < -0.4 is 5.11 Å². The maximum atomic E-state index is 13.9. The van der Waals surface area contributed by atoms with E-state index in [0.717, 1.165) is 51.7 Å². The highest BCUT2D eigenvalue weighted by molar-refractivity contribution is 7.85. The van der Waals surface area contributed by atoms with Crippen molar-refractivity contribution in [2.75, 3.05) is 5.75 Å². The minimum absolute atomic E-state index is 0.0558. The van der Waals surface area contributed by atoms with E-state index in [0.29, 0.717) is 23.6 Å². The highest BCUT2D eigenvalue weighted by atomic mass is 35.5. The number of aliphatic hydroxyl groups is 1. The lowest BCUT2D eigenvalue weighted by Crippen LogP contribution is -2.29. The van der Waals surface area contributed by atoms with Crippen LogP contribution in [0.5, 0.6) is 0 Å². The highest BCUT2D eigenvalue weighted by Crippen LogP contribution is 2.50. The summed E-state index contributed by atoms with van der Waals surface area (Å²) in [4.78, 5) is 16.1. The number of pyridine rings is 1. The van der Waals surface area contributed by atoms with Gasteiger partial charge in [0, 0.05) is 32.9 Å². The van der Waals surface area contributed by atoms with E-state index in [-0.39, 0.29) is 11.7 Å². The van der Waals surface area contributed by atoms with Crippen molar-refractivity contribution in [1.29, 1.82) is 0 Å². The van der Waals surface area contributed by atoms with Gasteiger partial charge < -0.3 is 15.0 Å². The van der Waals surface area contributed by atoms with Crippen molar-refractivity contribution >= 4 is 51.4 Å². The molecular formula is C35H35ClNO4S-. The van der Waals surface area contributed by atoms with Crippen LogP contribution in [0.25, 0.3) is 23.1 Å². The smallest absolute Gasteiger partial charge is 0.0843 e. The molecule has 1 heterocycles. The van der Waals surface area contributed by atoms with Gasteiger partial charge in [0.15, 0.2) is 0 Å². The van der Waals surface area contributed by atoms with Gasteiger partial charge in [-0.25, -0.2) is 4.98 Å². The summed E-state index contributed by atoms with van der Waals surface area (Å²) in [7, 11) is -1.30. The van der Waals surface area contributed by atoms with Crippen LogP contribution in [0.2, 0.25) is 5.02 Å². The van der Waals surface area contributed by atoms with E-state index in [1.165, 1.54) is 0 Å². The monoisotopic (exact) mass is 600 g/mol. The Morgan fingerprint density at radius 3 is 2.57 bits per heavy atom. The van der Waals surface area contributed by atoms with Crippen molar-refractivity contribution in [3.05, 3.63) is 112 Å². The van der Waals surface area contributed by atoms with Crippen molar-refractivity contribution in [3.8, 4) is 0 Å². The van der Waals surface area contributed by atoms with Crippen LogP contribution in [0.3, 0.4) is 0 Å². The molecule has 0 aliphatic heterocycles. The first-order valence-corrected chi connectivity index (χ1v) is 16.0. The third kappa shape index (κ3) is 7.54. The summed E-state index contributed by atoms with van der Waals surface area (Å²) in [5.74, 6) is -0.751. The number of carboxylic acid groups (broad SMARTS) is 1. The van der Waals surface area contributed by atoms with Crippen molar-refractivity contribution < 1.29 is 19.2 Å². The second-order valence-corrected chi connectivity index (χ2v) is 13.9. The summed E-state index contributed by atoms with van der Waals surface area (Å²) >= 11 is 6.15. The van der Waals surface area contributed by atoms with Gasteiger partial charge in [-0.3, -0.25) is 4.21 Å². The van der Waals surface area contributed by atoms with Gasteiger partial charge in [-0.05, 0) is 97.9 Å². The lowest BCUT2D eigenvalue weighted by Gasteiger charge is -2.24. The molecule has 1 unspecified atom stereocenters. The number of aliphatic carboxylic acids is 1. The maximum absolute atomic E-state index is 13.9. The van der Waals surface area contributed by atoms with Crippen LogP contribution in [-0.4, -0.2) is 26.0 Å². The van der Waals surface area contributed by atoms with E-state index >= 15 is 0 Å². The maximum Gasteiger partial charge on any atom is 0.0843 e. The molecule has 1 saturated carbocycles. The molecule has 5 nitrogen and oxygen atoms in total. The van der Waals surface area contributed by atoms with Crippen molar-refractivity contribution in [2.24, 2.45) is 5.41 Å². The van der Waals surface area contributed by atoms with Gasteiger partial charge in [0.2, 0.25) is 0 Å². The highest BCUT2D eigenvalue weighted by Gasteiger charge is 2.45. The Bertz CT molecular complexity index is 1650. The Morgan fingerprint density at radius 2 is 1.83 bits per heavy atom. The number of carboxylic acids is 1. The SMILES string of the molecule is CC(C)(O)c1ccccc1CC[C@H](c1cccc(/C=C\c2ccc3ccc(Cl)cc3n2)c1)S(=O)CC1(CC(=O)[O-])CC1. The van der Waals surface area contributed by atoms with Crippen LogP contribution in [-0.2, 0) is 27.6 Å². The number of benzene rings is 3. The fraction of sp³-hybridized carbons (Fsp3) is 0.314. The molecule has 42 heavy (non-hydrogen) atoms. The van der Waals surface area contributed by atoms with E-state index in [2.05, 4.69) is 6.07 Å². The van der Waals surface area contributed by atoms with E-state index in [1.807, 2.05) is 84.9 Å². The zero-order valence-corrected chi connectivity index (χ0v) is 25.5. The molecule has 0 saturated heterocycles. The van der Waals surface area contributed by atoms with E-state index in [1.54, 1.807) is 13.8 Å². The second-order valence-electron chi connectivity index (χ2n) is 11.9. The number of rotatable bonds is 12. The average Bonchev–Trinajstić information content (AvgIpc) is 3.69. The van der Waals surface area contributed by atoms with Crippen LogP contribution in [0.1, 0.15) is 72.7 Å². The number of nitrogens with zero attached hydrogens (tertiary/aromatic N) is 1. The van der Waals surface area contributed by atoms with Gasteiger partial charge in [-0.1, -0.05) is 78.3 Å². The van der Waals surface area contributed by atoms with Gasteiger partial charge in [0.05, 0.1) is 22.1 Å². The van der Waals surface area contributed by atoms with Crippen molar-refractivity contribution in [3.63, 3.8) is 0 Å². The van der Waals surface area contributed by atoms with Crippen LogP contribution >= 0.6 is 11.6 Å². The van der Waals surface area contributed by atoms with Gasteiger partial charge in [-0.15, -0.1) is 0 Å². The fourth-order valence-electron chi connectivity index (χ4n) is 5.57. The molecule has 7 heteroatoms. The molecule has 1 aliphatic rings. The second kappa shape index (κ2) is 12.5. The molecule has 1 aromatic heterocycles. The number of aryl methyl sites for hydroxylation is 1. The fourth-order valence-corrected chi connectivity index (χ4v) is 7.77. The minimum Gasteiger partial charge on any atom is -0.550 e.